The number of rotatable bonds is 7. The smallest absolute Gasteiger partial charge is 0.318 e. The van der Waals surface area contributed by atoms with Gasteiger partial charge in [-0.05, 0) is 66.8 Å². The van der Waals surface area contributed by atoms with Gasteiger partial charge in [-0.1, -0.05) is 13.8 Å². The van der Waals surface area contributed by atoms with E-state index in [2.05, 4.69) is 5.32 Å². The molecule has 13 heteroatoms. The van der Waals surface area contributed by atoms with Crippen LogP contribution < -0.4 is 5.32 Å². The first-order chi connectivity index (χ1) is 20.8. The number of esters is 2. The summed E-state index contributed by atoms with van der Waals surface area (Å²) in [6, 6.07) is -0.260. The SMILES string of the molecule is CO[C@@H]1OC(=O)[C@H](C)C(=O)[C@H](C)[C@@H](OC2O[C@H](C)C[C@H](N(C)C)[C@H]2OC(C)=O)[C@@](C)(OC)CC(C)C(=O)/C=C/[C@]1(C)NC(C)=O. The Kier molecular flexibility index (Phi) is 13.4. The summed E-state index contributed by atoms with van der Waals surface area (Å²) in [5, 5.41) is 2.68. The topological polar surface area (TPSA) is 156 Å². The van der Waals surface area contributed by atoms with Gasteiger partial charge in [0.05, 0.1) is 23.9 Å². The molecule has 13 nitrogen and oxygen atoms in total. The maximum Gasteiger partial charge on any atom is 0.318 e. The van der Waals surface area contributed by atoms with Crippen LogP contribution in [0.2, 0.25) is 0 Å². The van der Waals surface area contributed by atoms with Crippen LogP contribution in [0.4, 0.5) is 0 Å². The highest BCUT2D eigenvalue weighted by molar-refractivity contribution is 6.00. The van der Waals surface area contributed by atoms with Crippen molar-refractivity contribution in [3.63, 3.8) is 0 Å². The summed E-state index contributed by atoms with van der Waals surface area (Å²) in [6.45, 7) is 12.5. The number of nitrogens with zero attached hydrogens (tertiary/aromatic N) is 1. The molecule has 0 spiro atoms. The third-order valence-electron chi connectivity index (χ3n) is 8.75. The van der Waals surface area contributed by atoms with E-state index in [1.54, 1.807) is 27.7 Å². The molecule has 2 aliphatic heterocycles. The molecule has 2 aliphatic rings. The van der Waals surface area contributed by atoms with Crippen molar-refractivity contribution in [3.05, 3.63) is 12.2 Å². The summed E-state index contributed by atoms with van der Waals surface area (Å²) < 4.78 is 35.6. The number of carbonyl (C=O) groups excluding carboxylic acids is 5. The van der Waals surface area contributed by atoms with Crippen molar-refractivity contribution in [1.82, 2.24) is 10.2 Å². The maximum atomic E-state index is 14.0. The molecule has 11 atom stereocenters. The maximum absolute atomic E-state index is 14.0. The van der Waals surface area contributed by atoms with Crippen LogP contribution in [0, 0.1) is 17.8 Å². The Morgan fingerprint density at radius 3 is 2.18 bits per heavy atom. The number of cyclic esters (lactones) is 1. The fraction of sp³-hybridized carbons (Fsp3) is 0.781. The van der Waals surface area contributed by atoms with E-state index in [0.717, 1.165) is 0 Å². The number of allylic oxidation sites excluding steroid dienone is 1. The third kappa shape index (κ3) is 9.41. The Labute approximate surface area is 266 Å². The Morgan fingerprint density at radius 2 is 1.67 bits per heavy atom. The van der Waals surface area contributed by atoms with Crippen LogP contribution in [-0.4, -0.2) is 111 Å². The molecule has 1 fully saturated rings. The molecular weight excluding hydrogens is 588 g/mol. The molecule has 2 unspecified atom stereocenters. The third-order valence-corrected chi connectivity index (χ3v) is 8.75. The van der Waals surface area contributed by atoms with E-state index in [-0.39, 0.29) is 24.3 Å². The summed E-state index contributed by atoms with van der Waals surface area (Å²) >= 11 is 0. The van der Waals surface area contributed by atoms with Gasteiger partial charge in [-0.2, -0.15) is 0 Å². The van der Waals surface area contributed by atoms with Gasteiger partial charge in [0.2, 0.25) is 12.2 Å². The zero-order valence-electron chi connectivity index (χ0n) is 28.7. The highest BCUT2D eigenvalue weighted by Crippen LogP contribution is 2.37. The molecule has 0 saturated carbocycles. The molecule has 0 aromatic carbocycles. The molecule has 0 aromatic rings. The second-order valence-corrected chi connectivity index (χ2v) is 13.0. The van der Waals surface area contributed by atoms with Crippen LogP contribution in [0.5, 0.6) is 0 Å². The lowest BCUT2D eigenvalue weighted by Crippen LogP contribution is -2.60. The van der Waals surface area contributed by atoms with Gasteiger partial charge < -0.3 is 38.6 Å². The highest BCUT2D eigenvalue weighted by atomic mass is 16.7. The first-order valence-corrected chi connectivity index (χ1v) is 15.3. The van der Waals surface area contributed by atoms with Crippen molar-refractivity contribution in [2.24, 2.45) is 17.8 Å². The highest BCUT2D eigenvalue weighted by Gasteiger charge is 2.50. The molecule has 1 amide bonds. The minimum absolute atomic E-state index is 0.107. The van der Waals surface area contributed by atoms with Crippen LogP contribution in [-0.2, 0) is 52.4 Å². The van der Waals surface area contributed by atoms with Gasteiger partial charge in [0, 0.05) is 39.9 Å². The number of hydrogen-bond donors (Lipinski definition) is 1. The molecule has 0 aromatic heterocycles. The molecule has 0 bridgehead atoms. The Hall–Kier alpha value is -2.71. The lowest BCUT2D eigenvalue weighted by molar-refractivity contribution is -0.297. The minimum atomic E-state index is -1.43. The molecule has 2 rings (SSSR count). The average molecular weight is 641 g/mol. The van der Waals surface area contributed by atoms with Gasteiger partial charge in [0.15, 0.2) is 24.0 Å². The van der Waals surface area contributed by atoms with E-state index in [1.165, 1.54) is 47.1 Å². The summed E-state index contributed by atoms with van der Waals surface area (Å²) in [5.41, 5.74) is -2.69. The lowest BCUT2D eigenvalue weighted by Gasteiger charge is -2.47. The second kappa shape index (κ2) is 15.7. The first kappa shape index (κ1) is 38.5. The largest absolute Gasteiger partial charge is 0.455 e. The minimum Gasteiger partial charge on any atom is -0.455 e. The molecule has 256 valence electrons. The zero-order valence-corrected chi connectivity index (χ0v) is 28.7. The van der Waals surface area contributed by atoms with Crippen LogP contribution in [0.3, 0.4) is 0 Å². The van der Waals surface area contributed by atoms with E-state index in [4.69, 9.17) is 28.4 Å². The first-order valence-electron chi connectivity index (χ1n) is 15.3. The number of hydrogen-bond acceptors (Lipinski definition) is 12. The lowest BCUT2D eigenvalue weighted by atomic mass is 9.77. The van der Waals surface area contributed by atoms with E-state index < -0.39 is 77.3 Å². The van der Waals surface area contributed by atoms with Crippen LogP contribution in [0.25, 0.3) is 0 Å². The predicted molar refractivity (Wildman–Crippen MR) is 163 cm³/mol. The van der Waals surface area contributed by atoms with Crippen LogP contribution >= 0.6 is 0 Å². The van der Waals surface area contributed by atoms with Crippen molar-refractivity contribution in [2.75, 3.05) is 28.3 Å². The molecule has 2 heterocycles. The summed E-state index contributed by atoms with van der Waals surface area (Å²) in [4.78, 5) is 67.0. The standard InChI is InChI=1S/C32H52N2O11/c1-17-16-32(8,41-12)27(44-29-26(43-22(6)36)23(34(9)10)15-18(2)42-29)19(3)25(38)20(4)28(39)45-30(40-11)31(7,33-21(5)35)14-13-24(17)37/h13-14,17-20,23,26-27,29-30H,15-16H2,1-12H3,(H,33,35)/b14-13+/t17?,18-,19+,20-,23+,26-,27-,29?,30-,31+,32+/m1/s1. The van der Waals surface area contributed by atoms with E-state index >= 15 is 0 Å². The predicted octanol–water partition coefficient (Wildman–Crippen LogP) is 2.19. The molecule has 0 aliphatic carbocycles. The van der Waals surface area contributed by atoms with Crippen LogP contribution in [0.15, 0.2) is 12.2 Å². The average Bonchev–Trinajstić information content (AvgIpc) is 2.95. The second-order valence-electron chi connectivity index (χ2n) is 13.0. The number of nitrogens with one attached hydrogen (secondary N) is 1. The Balaban J connectivity index is 2.68. The summed E-state index contributed by atoms with van der Waals surface area (Å²) in [7, 11) is 6.46. The molecule has 1 N–H and O–H groups in total. The van der Waals surface area contributed by atoms with E-state index in [1.807, 2.05) is 25.9 Å². The molecule has 1 saturated heterocycles. The van der Waals surface area contributed by atoms with Crippen molar-refractivity contribution in [3.8, 4) is 0 Å². The van der Waals surface area contributed by atoms with Crippen molar-refractivity contribution < 1.29 is 52.4 Å². The molecule has 45 heavy (non-hydrogen) atoms. The zero-order chi connectivity index (χ0) is 34.4. The molecule has 0 radical (unpaired) electrons. The monoisotopic (exact) mass is 640 g/mol. The quantitative estimate of drug-likeness (QED) is 0.320. The number of ether oxygens (including phenoxy) is 6. The van der Waals surface area contributed by atoms with Crippen molar-refractivity contribution in [1.29, 1.82) is 0 Å². The normalized spacial score (nSPS) is 39.5. The fourth-order valence-corrected chi connectivity index (χ4v) is 6.18. The Bertz CT molecular complexity index is 1130. The van der Waals surface area contributed by atoms with Crippen LogP contribution in [0.1, 0.15) is 68.2 Å². The molecular formula is C32H52N2O11. The fourth-order valence-electron chi connectivity index (χ4n) is 6.18. The number of likely N-dealkylation sites (N-methyl/N-ethyl adjacent to an activating group) is 1. The van der Waals surface area contributed by atoms with Crippen molar-refractivity contribution in [2.45, 2.75) is 116 Å². The van der Waals surface area contributed by atoms with Gasteiger partial charge in [0.1, 0.15) is 11.5 Å². The Morgan fingerprint density at radius 1 is 1.04 bits per heavy atom. The van der Waals surface area contributed by atoms with Crippen molar-refractivity contribution >= 4 is 29.4 Å². The summed E-state index contributed by atoms with van der Waals surface area (Å²) in [5.74, 6) is -5.61. The van der Waals surface area contributed by atoms with Gasteiger partial charge in [-0.3, -0.25) is 24.0 Å². The van der Waals surface area contributed by atoms with E-state index in [0.29, 0.717) is 6.42 Å². The number of carbonyl (C=O) groups is 5. The van der Waals surface area contributed by atoms with Gasteiger partial charge in [0.25, 0.3) is 0 Å². The number of amides is 1. The van der Waals surface area contributed by atoms with Gasteiger partial charge in [-0.25, -0.2) is 0 Å². The number of Topliss-reactive ketones (excluding diaryl/α,β-unsaturated/α-hetero) is 1. The van der Waals surface area contributed by atoms with Gasteiger partial charge in [-0.15, -0.1) is 0 Å². The number of methoxy groups -OCH3 is 2. The van der Waals surface area contributed by atoms with Gasteiger partial charge >= 0.3 is 11.9 Å². The number of ketones is 2. The van der Waals surface area contributed by atoms with E-state index in [9.17, 15) is 24.0 Å². The summed E-state index contributed by atoms with van der Waals surface area (Å²) in [6.07, 6.45) is -1.26.